The van der Waals surface area contributed by atoms with E-state index < -0.39 is 0 Å². The summed E-state index contributed by atoms with van der Waals surface area (Å²) in [5, 5.41) is 0. The first-order chi connectivity index (χ1) is 18.9. The van der Waals surface area contributed by atoms with E-state index in [9.17, 15) is 0 Å². The van der Waals surface area contributed by atoms with Crippen molar-refractivity contribution in [2.24, 2.45) is 0 Å². The zero-order chi connectivity index (χ0) is 27.8. The summed E-state index contributed by atoms with van der Waals surface area (Å²) in [6.07, 6.45) is 0. The number of aryl methyl sites for hydroxylation is 2. The molecule has 204 valence electrons. The average Bonchev–Trinajstić information content (AvgIpc) is 3.43. The Kier molecular flexibility index (Phi) is 10.6. The Morgan fingerprint density at radius 2 is 0.846 bits per heavy atom. The van der Waals surface area contributed by atoms with E-state index in [1.165, 1.54) is 45.0 Å². The van der Waals surface area contributed by atoms with Crippen molar-refractivity contribution in [3.8, 4) is 0 Å². The Bertz CT molecular complexity index is 1230. The van der Waals surface area contributed by atoms with Crippen LogP contribution < -0.4 is 19.6 Å². The van der Waals surface area contributed by atoms with Gasteiger partial charge in [0.15, 0.2) is 0 Å². The zero-order valence-electron chi connectivity index (χ0n) is 22.5. The number of fused-ring (bicyclic) bond motifs is 2. The quantitative estimate of drug-likeness (QED) is 0.206. The van der Waals surface area contributed by atoms with Gasteiger partial charge < -0.3 is 19.6 Å². The van der Waals surface area contributed by atoms with Gasteiger partial charge in [-0.05, 0) is 49.2 Å². The van der Waals surface area contributed by atoms with Gasteiger partial charge in [-0.3, -0.25) is 0 Å². The summed E-state index contributed by atoms with van der Waals surface area (Å²) < 4.78 is 0. The second-order valence-corrected chi connectivity index (χ2v) is 11.8. The molecule has 2 aliphatic heterocycles. The molecule has 0 unspecified atom stereocenters. The molecule has 0 aromatic heterocycles. The number of halogens is 2. The number of anilines is 4. The molecule has 6 rings (SSSR count). The standard InChI is InChI=1S/2C16H16N2.2ClH.Pd/c2*1-13-7-9-14(10-8-13)11-18-12-17(2)15-5-3-4-6-16(15)18;;;/h2*3-10H,11H2,1-2H3;2*1H;/q;;;;+2/p-2. The topological polar surface area (TPSA) is 13.0 Å². The van der Waals surface area contributed by atoms with Crippen LogP contribution in [0, 0.1) is 27.2 Å². The number of nitrogens with zero attached hydrogens (tertiary/aromatic N) is 4. The maximum absolute atomic E-state index is 4.81. The van der Waals surface area contributed by atoms with E-state index in [1.807, 2.05) is 23.9 Å². The molecule has 0 amide bonds. The van der Waals surface area contributed by atoms with Crippen molar-refractivity contribution >= 4 is 41.8 Å². The molecule has 0 fully saturated rings. The number of para-hydroxylation sites is 4. The minimum atomic E-state index is -0.106. The average molecular weight is 650 g/mol. The molecule has 0 spiro atoms. The van der Waals surface area contributed by atoms with Crippen molar-refractivity contribution in [2.45, 2.75) is 26.9 Å². The molecule has 7 heteroatoms. The Hall–Kier alpha value is -2.68. The molecule has 0 saturated heterocycles. The summed E-state index contributed by atoms with van der Waals surface area (Å²) in [4.78, 5) is 8.42. The van der Waals surface area contributed by atoms with Gasteiger partial charge in [-0.2, -0.15) is 0 Å². The third-order valence-electron chi connectivity index (χ3n) is 6.53. The fourth-order valence-corrected chi connectivity index (χ4v) is 4.52. The summed E-state index contributed by atoms with van der Waals surface area (Å²) in [7, 11) is 13.7. The molecule has 4 nitrogen and oxygen atoms in total. The summed E-state index contributed by atoms with van der Waals surface area (Å²) in [5.74, 6) is 0. The second kappa shape index (κ2) is 14.1. The van der Waals surface area contributed by atoms with E-state index in [0.29, 0.717) is 0 Å². The Morgan fingerprint density at radius 3 is 1.18 bits per heavy atom. The molecule has 2 aliphatic rings. The van der Waals surface area contributed by atoms with Crippen molar-refractivity contribution in [1.82, 2.24) is 0 Å². The number of rotatable bonds is 4. The van der Waals surface area contributed by atoms with Gasteiger partial charge in [-0.15, -0.1) is 0 Å². The first-order valence-corrected chi connectivity index (χ1v) is 16.6. The van der Waals surface area contributed by atoms with Crippen LogP contribution in [-0.4, -0.2) is 14.1 Å². The third kappa shape index (κ3) is 7.71. The van der Waals surface area contributed by atoms with E-state index in [-0.39, 0.29) is 15.9 Å². The first kappa shape index (κ1) is 29.3. The molecule has 0 bridgehead atoms. The van der Waals surface area contributed by atoms with Gasteiger partial charge in [0.05, 0.1) is 22.7 Å². The zero-order valence-corrected chi connectivity index (χ0v) is 25.6. The molecule has 4 aromatic carbocycles. The fourth-order valence-electron chi connectivity index (χ4n) is 4.52. The Balaban J connectivity index is 0.000000165. The van der Waals surface area contributed by atoms with Gasteiger partial charge in [0.25, 0.3) is 0 Å². The van der Waals surface area contributed by atoms with E-state index >= 15 is 0 Å². The monoisotopic (exact) mass is 648 g/mol. The van der Waals surface area contributed by atoms with Gasteiger partial charge in [0, 0.05) is 27.2 Å². The molecule has 0 saturated carbocycles. The van der Waals surface area contributed by atoms with Crippen LogP contribution in [0.1, 0.15) is 22.3 Å². The molecule has 39 heavy (non-hydrogen) atoms. The molecule has 2 heterocycles. The van der Waals surface area contributed by atoms with Gasteiger partial charge in [-0.1, -0.05) is 83.9 Å². The van der Waals surface area contributed by atoms with Crippen molar-refractivity contribution in [3.05, 3.63) is 133 Å². The number of hydrogen-bond acceptors (Lipinski definition) is 4. The van der Waals surface area contributed by atoms with Gasteiger partial charge >= 0.3 is 35.0 Å². The van der Waals surface area contributed by atoms with E-state index in [2.05, 4.69) is 134 Å². The Labute approximate surface area is 249 Å². The third-order valence-corrected chi connectivity index (χ3v) is 6.53. The molecular formula is C32H32Cl2N4Pd. The van der Waals surface area contributed by atoms with Crippen molar-refractivity contribution in [2.75, 3.05) is 33.7 Å². The van der Waals surface area contributed by atoms with Gasteiger partial charge in [0.1, 0.15) is 0 Å². The molecule has 0 N–H and O–H groups in total. The summed E-state index contributed by atoms with van der Waals surface area (Å²) in [6.45, 7) is 12.6. The summed E-state index contributed by atoms with van der Waals surface area (Å²) in [5.41, 5.74) is 10.1. The fraction of sp³-hybridized carbons (Fsp3) is 0.188. The van der Waals surface area contributed by atoms with Gasteiger partial charge in [0.2, 0.25) is 13.3 Å². The summed E-state index contributed by atoms with van der Waals surface area (Å²) in [6, 6.07) is 34.1. The van der Waals surface area contributed by atoms with Crippen LogP contribution in [0.25, 0.3) is 0 Å². The molecule has 4 radical (unpaired) electrons. The molecule has 0 aliphatic carbocycles. The second-order valence-electron chi connectivity index (χ2n) is 9.48. The van der Waals surface area contributed by atoms with Crippen LogP contribution in [0.5, 0.6) is 0 Å². The molecule has 4 aromatic rings. The summed E-state index contributed by atoms with van der Waals surface area (Å²) >= 11 is -0.106. The van der Waals surface area contributed by atoms with Crippen molar-refractivity contribution < 1.29 is 15.9 Å². The van der Waals surface area contributed by atoms with Crippen molar-refractivity contribution in [1.29, 1.82) is 0 Å². The maximum atomic E-state index is 4.81. The van der Waals surface area contributed by atoms with Crippen LogP contribution in [0.15, 0.2) is 97.1 Å². The van der Waals surface area contributed by atoms with E-state index in [1.54, 1.807) is 0 Å². The van der Waals surface area contributed by atoms with E-state index in [4.69, 9.17) is 19.1 Å². The number of benzene rings is 4. The predicted molar refractivity (Wildman–Crippen MR) is 163 cm³/mol. The molecule has 0 atom stereocenters. The van der Waals surface area contributed by atoms with Crippen LogP contribution in [-0.2, 0) is 29.0 Å². The van der Waals surface area contributed by atoms with Gasteiger partial charge in [-0.25, -0.2) is 0 Å². The van der Waals surface area contributed by atoms with Crippen molar-refractivity contribution in [3.63, 3.8) is 0 Å². The normalized spacial score (nSPS) is 13.4. The van der Waals surface area contributed by atoms with Crippen LogP contribution in [0.3, 0.4) is 0 Å². The Morgan fingerprint density at radius 1 is 0.538 bits per heavy atom. The van der Waals surface area contributed by atoms with E-state index in [0.717, 1.165) is 13.1 Å². The number of hydrogen-bond donors (Lipinski definition) is 0. The van der Waals surface area contributed by atoms with Crippen LogP contribution >= 0.6 is 19.1 Å². The minimum absolute atomic E-state index is 0.106. The predicted octanol–water partition coefficient (Wildman–Crippen LogP) is 8.27. The first-order valence-electron chi connectivity index (χ1n) is 12.6. The van der Waals surface area contributed by atoms with Crippen LogP contribution in [0.4, 0.5) is 22.7 Å². The molecular weight excluding hydrogens is 618 g/mol. The van der Waals surface area contributed by atoms with Crippen LogP contribution in [0.2, 0.25) is 0 Å². The SMILES string of the molecule is Cc1ccc(CN2[C]N(C)c3ccccc32)cc1.Cc1ccc(CN2[C]N(C)c3ccccc32)cc1.[Cl][Pd][Cl].